The van der Waals surface area contributed by atoms with Crippen molar-refractivity contribution in [2.75, 3.05) is 5.75 Å². The van der Waals surface area contributed by atoms with Gasteiger partial charge >= 0.3 is 0 Å². The molecule has 146 valence electrons. The molecule has 4 heteroatoms. The van der Waals surface area contributed by atoms with Crippen molar-refractivity contribution in [3.8, 4) is 0 Å². The summed E-state index contributed by atoms with van der Waals surface area (Å²) in [5.41, 5.74) is 7.69. The van der Waals surface area contributed by atoms with Gasteiger partial charge in [0, 0.05) is 22.2 Å². The first kappa shape index (κ1) is 20.4. The van der Waals surface area contributed by atoms with Crippen LogP contribution in [0, 0.1) is 12.3 Å². The molecule has 1 aliphatic carbocycles. The Kier molecular flexibility index (Phi) is 7.10. The number of carbonyl (C=O) groups excluding carboxylic acids is 1. The summed E-state index contributed by atoms with van der Waals surface area (Å²) in [4.78, 5) is 17.2. The second-order valence-corrected chi connectivity index (χ2v) is 8.55. The van der Waals surface area contributed by atoms with Gasteiger partial charge < -0.3 is 5.73 Å². The smallest absolute Gasteiger partial charge is 0.224 e. The topological polar surface area (TPSA) is 56.0 Å². The van der Waals surface area contributed by atoms with Gasteiger partial charge in [0.2, 0.25) is 5.91 Å². The van der Waals surface area contributed by atoms with Crippen LogP contribution >= 0.6 is 11.8 Å². The number of fused-ring (bicyclic) bond motifs is 1. The number of hydrogen-bond donors (Lipinski definition) is 1. The highest BCUT2D eigenvalue weighted by Crippen LogP contribution is 2.40. The first-order valence-corrected chi connectivity index (χ1v) is 10.9. The predicted molar refractivity (Wildman–Crippen MR) is 118 cm³/mol. The fourth-order valence-corrected chi connectivity index (χ4v) is 4.76. The van der Waals surface area contributed by atoms with Crippen molar-refractivity contribution in [3.05, 3.63) is 72.4 Å². The van der Waals surface area contributed by atoms with Gasteiger partial charge in [-0.1, -0.05) is 61.2 Å². The molecule has 0 bridgehead atoms. The van der Waals surface area contributed by atoms with Crippen molar-refractivity contribution in [1.82, 2.24) is 4.98 Å². The Balaban J connectivity index is 0.000000188. The van der Waals surface area contributed by atoms with Crippen LogP contribution in [0.2, 0.25) is 0 Å². The van der Waals surface area contributed by atoms with Gasteiger partial charge in [-0.25, -0.2) is 0 Å². The standard InChI is InChI=1S/C15H21NOS.C9H7N/c1-12-5-7-13(8-6-12)18-11-15(14(16)17)9-3-2-4-10-15;1-2-6-9-8(4-1)5-3-7-10-9/h5-8H,2-4,9-11H2,1H3,(H2,16,17);1-7H. The summed E-state index contributed by atoms with van der Waals surface area (Å²) < 4.78 is 0. The SMILES string of the molecule is Cc1ccc(SCC2(C(N)=O)CCCCC2)cc1.c1ccc2ncccc2c1. The molecule has 1 fully saturated rings. The van der Waals surface area contributed by atoms with E-state index >= 15 is 0 Å². The number of pyridine rings is 1. The maximum Gasteiger partial charge on any atom is 0.224 e. The average Bonchev–Trinajstić information content (AvgIpc) is 2.74. The van der Waals surface area contributed by atoms with Gasteiger partial charge in [-0.15, -0.1) is 11.8 Å². The number of rotatable bonds is 4. The van der Waals surface area contributed by atoms with Crippen molar-refractivity contribution in [1.29, 1.82) is 0 Å². The van der Waals surface area contributed by atoms with Gasteiger partial charge in [0.15, 0.2) is 0 Å². The van der Waals surface area contributed by atoms with E-state index in [4.69, 9.17) is 5.73 Å². The monoisotopic (exact) mass is 392 g/mol. The Labute approximate surface area is 171 Å². The summed E-state index contributed by atoms with van der Waals surface area (Å²) in [6.45, 7) is 2.08. The average molecular weight is 393 g/mol. The number of primary amides is 1. The molecule has 1 amide bonds. The zero-order chi connectivity index (χ0) is 19.8. The molecule has 2 N–H and O–H groups in total. The van der Waals surface area contributed by atoms with E-state index in [2.05, 4.69) is 48.3 Å². The Hall–Kier alpha value is -2.33. The summed E-state index contributed by atoms with van der Waals surface area (Å²) in [5.74, 6) is 0.715. The summed E-state index contributed by atoms with van der Waals surface area (Å²) in [6.07, 6.45) is 7.24. The molecule has 1 saturated carbocycles. The van der Waals surface area contributed by atoms with Crippen LogP contribution < -0.4 is 5.73 Å². The van der Waals surface area contributed by atoms with Crippen LogP contribution in [0.5, 0.6) is 0 Å². The molecule has 28 heavy (non-hydrogen) atoms. The van der Waals surface area contributed by atoms with Gasteiger partial charge in [0.1, 0.15) is 0 Å². The molecule has 0 atom stereocenters. The molecule has 3 nitrogen and oxygen atoms in total. The van der Waals surface area contributed by atoms with Crippen LogP contribution in [-0.4, -0.2) is 16.6 Å². The third-order valence-electron chi connectivity index (χ3n) is 5.38. The number of aryl methyl sites for hydroxylation is 1. The number of nitrogens with zero attached hydrogens (tertiary/aromatic N) is 1. The fourth-order valence-electron chi connectivity index (χ4n) is 3.56. The number of thioether (sulfide) groups is 1. The highest BCUT2D eigenvalue weighted by molar-refractivity contribution is 7.99. The maximum atomic E-state index is 11.8. The van der Waals surface area contributed by atoms with Crippen LogP contribution in [0.4, 0.5) is 0 Å². The normalized spacial score (nSPS) is 15.5. The lowest BCUT2D eigenvalue weighted by Crippen LogP contribution is -2.40. The molecule has 0 radical (unpaired) electrons. The van der Waals surface area contributed by atoms with E-state index in [1.807, 2.05) is 30.5 Å². The van der Waals surface area contributed by atoms with E-state index in [0.29, 0.717) is 0 Å². The Morgan fingerprint density at radius 3 is 2.36 bits per heavy atom. The minimum Gasteiger partial charge on any atom is -0.369 e. The number of para-hydroxylation sites is 1. The molecule has 1 aliphatic rings. The van der Waals surface area contributed by atoms with Crippen LogP contribution in [-0.2, 0) is 4.79 Å². The quantitative estimate of drug-likeness (QED) is 0.575. The van der Waals surface area contributed by atoms with Crippen LogP contribution in [0.1, 0.15) is 37.7 Å². The van der Waals surface area contributed by atoms with Crippen molar-refractivity contribution in [3.63, 3.8) is 0 Å². The maximum absolute atomic E-state index is 11.8. The highest BCUT2D eigenvalue weighted by Gasteiger charge is 2.37. The van der Waals surface area contributed by atoms with Gasteiger partial charge in [-0.05, 0) is 44.0 Å². The number of nitrogens with two attached hydrogens (primary N) is 1. The Morgan fingerprint density at radius 1 is 1.00 bits per heavy atom. The molecule has 0 aliphatic heterocycles. The third-order valence-corrected chi connectivity index (χ3v) is 6.68. The van der Waals surface area contributed by atoms with Gasteiger partial charge in [0.05, 0.1) is 10.9 Å². The van der Waals surface area contributed by atoms with Crippen LogP contribution in [0.3, 0.4) is 0 Å². The summed E-state index contributed by atoms with van der Waals surface area (Å²) in [7, 11) is 0. The Morgan fingerprint density at radius 2 is 1.68 bits per heavy atom. The molecular formula is C24H28N2OS. The molecule has 0 unspecified atom stereocenters. The lowest BCUT2D eigenvalue weighted by Gasteiger charge is -2.33. The van der Waals surface area contributed by atoms with Gasteiger partial charge in [-0.2, -0.15) is 0 Å². The summed E-state index contributed by atoms with van der Waals surface area (Å²) >= 11 is 1.76. The zero-order valence-corrected chi connectivity index (χ0v) is 17.3. The number of aromatic nitrogens is 1. The first-order valence-electron chi connectivity index (χ1n) is 9.88. The minimum absolute atomic E-state index is 0.109. The van der Waals surface area contributed by atoms with Crippen molar-refractivity contribution < 1.29 is 4.79 Å². The Bertz CT molecular complexity index is 836. The number of carbonyl (C=O) groups is 1. The highest BCUT2D eigenvalue weighted by atomic mass is 32.2. The van der Waals surface area contributed by atoms with E-state index in [1.54, 1.807) is 11.8 Å². The molecule has 1 aromatic heterocycles. The largest absolute Gasteiger partial charge is 0.369 e. The number of benzene rings is 2. The number of amides is 1. The minimum atomic E-state index is -0.270. The second-order valence-electron chi connectivity index (χ2n) is 7.50. The van der Waals surface area contributed by atoms with Crippen LogP contribution in [0.15, 0.2) is 71.8 Å². The molecule has 3 aromatic rings. The fraction of sp³-hybridized carbons (Fsp3) is 0.333. The van der Waals surface area contributed by atoms with Crippen molar-refractivity contribution in [2.24, 2.45) is 11.1 Å². The van der Waals surface area contributed by atoms with E-state index in [1.165, 1.54) is 22.3 Å². The van der Waals surface area contributed by atoms with Crippen LogP contribution in [0.25, 0.3) is 10.9 Å². The van der Waals surface area contributed by atoms with E-state index in [9.17, 15) is 4.79 Å². The first-order chi connectivity index (χ1) is 13.6. The summed E-state index contributed by atoms with van der Waals surface area (Å²) in [5, 5.41) is 1.20. The lowest BCUT2D eigenvalue weighted by atomic mass is 9.75. The van der Waals surface area contributed by atoms with E-state index < -0.39 is 0 Å². The second kappa shape index (κ2) is 9.74. The zero-order valence-electron chi connectivity index (χ0n) is 16.4. The van der Waals surface area contributed by atoms with E-state index in [0.717, 1.165) is 37.0 Å². The number of hydrogen-bond acceptors (Lipinski definition) is 3. The van der Waals surface area contributed by atoms with Gasteiger partial charge in [0.25, 0.3) is 0 Å². The third kappa shape index (κ3) is 5.35. The molecule has 0 saturated heterocycles. The van der Waals surface area contributed by atoms with Crippen molar-refractivity contribution >= 4 is 28.6 Å². The molecule has 4 rings (SSSR count). The molecule has 2 aromatic carbocycles. The van der Waals surface area contributed by atoms with Gasteiger partial charge in [-0.3, -0.25) is 9.78 Å². The molecule has 1 heterocycles. The molecule has 0 spiro atoms. The predicted octanol–water partition coefficient (Wildman–Crippen LogP) is 5.76. The van der Waals surface area contributed by atoms with Crippen molar-refractivity contribution in [2.45, 2.75) is 43.9 Å². The van der Waals surface area contributed by atoms with E-state index in [-0.39, 0.29) is 11.3 Å². The summed E-state index contributed by atoms with van der Waals surface area (Å²) in [6, 6.07) is 20.6. The molecular weight excluding hydrogens is 364 g/mol. The lowest BCUT2D eigenvalue weighted by molar-refractivity contribution is -0.128.